The second-order valence-corrected chi connectivity index (χ2v) is 8.20. The number of likely N-dealkylation sites (tertiary alicyclic amines) is 1. The van der Waals surface area contributed by atoms with Crippen LogP contribution in [0.2, 0.25) is 0 Å². The molecule has 0 radical (unpaired) electrons. The lowest BCUT2D eigenvalue weighted by Gasteiger charge is -2.38. The minimum absolute atomic E-state index is 0.0363. The van der Waals surface area contributed by atoms with Crippen LogP contribution in [0.1, 0.15) is 74.4 Å². The molecule has 6 nitrogen and oxygen atoms in total. The van der Waals surface area contributed by atoms with Gasteiger partial charge in [-0.05, 0) is 46.0 Å². The largest absolute Gasteiger partial charge is 0.356 e. The molecule has 6 heteroatoms. The fourth-order valence-corrected chi connectivity index (χ4v) is 4.66. The van der Waals surface area contributed by atoms with Crippen LogP contribution in [0, 0.1) is 19.8 Å². The summed E-state index contributed by atoms with van der Waals surface area (Å²) in [6, 6.07) is 0.0363. The van der Waals surface area contributed by atoms with Crippen molar-refractivity contribution in [1.29, 1.82) is 0 Å². The number of hydrogen-bond acceptors (Lipinski definition) is 4. The van der Waals surface area contributed by atoms with Crippen LogP contribution in [0.3, 0.4) is 0 Å². The van der Waals surface area contributed by atoms with Gasteiger partial charge in [-0.25, -0.2) is 0 Å². The van der Waals surface area contributed by atoms with Gasteiger partial charge in [0.15, 0.2) is 5.76 Å². The van der Waals surface area contributed by atoms with Crippen molar-refractivity contribution in [3.63, 3.8) is 0 Å². The first-order valence-corrected chi connectivity index (χ1v) is 10.3. The van der Waals surface area contributed by atoms with Crippen molar-refractivity contribution in [3.8, 4) is 11.3 Å². The van der Waals surface area contributed by atoms with Crippen molar-refractivity contribution in [2.75, 3.05) is 6.54 Å². The van der Waals surface area contributed by atoms with E-state index in [4.69, 9.17) is 9.62 Å². The van der Waals surface area contributed by atoms with Crippen molar-refractivity contribution < 1.29 is 9.32 Å². The molecule has 146 valence electrons. The summed E-state index contributed by atoms with van der Waals surface area (Å²) in [6.45, 7) is 4.83. The van der Waals surface area contributed by atoms with E-state index in [1.807, 2.05) is 31.8 Å². The monoisotopic (exact) mass is 370 g/mol. The van der Waals surface area contributed by atoms with E-state index >= 15 is 0 Å². The Kier molecular flexibility index (Phi) is 5.06. The Morgan fingerprint density at radius 3 is 2.56 bits per heavy atom. The zero-order valence-electron chi connectivity index (χ0n) is 16.7. The Morgan fingerprint density at radius 2 is 1.85 bits per heavy atom. The molecule has 0 bridgehead atoms. The molecule has 1 atom stereocenters. The minimum atomic E-state index is 0.0363. The van der Waals surface area contributed by atoms with E-state index in [1.165, 1.54) is 19.3 Å². The van der Waals surface area contributed by atoms with Gasteiger partial charge in [0, 0.05) is 31.3 Å². The molecular weight excluding hydrogens is 340 g/mol. The molecule has 0 N–H and O–H groups in total. The fraction of sp³-hybridized carbons (Fsp3) is 0.667. The summed E-state index contributed by atoms with van der Waals surface area (Å²) in [5.74, 6) is 1.31. The number of carbonyl (C=O) groups excluding carboxylic acids is 1. The maximum atomic E-state index is 13.3. The van der Waals surface area contributed by atoms with Crippen LogP contribution in [-0.4, -0.2) is 32.3 Å². The van der Waals surface area contributed by atoms with E-state index in [0.717, 1.165) is 66.9 Å². The van der Waals surface area contributed by atoms with Crippen LogP contribution in [0.25, 0.3) is 11.3 Å². The quantitative estimate of drug-likeness (QED) is 0.807. The lowest BCUT2D eigenvalue weighted by molar-refractivity contribution is -0.140. The predicted molar refractivity (Wildman–Crippen MR) is 103 cm³/mol. The van der Waals surface area contributed by atoms with Gasteiger partial charge in [-0.1, -0.05) is 24.4 Å². The second kappa shape index (κ2) is 7.49. The molecule has 27 heavy (non-hydrogen) atoms. The third kappa shape index (κ3) is 3.42. The summed E-state index contributed by atoms with van der Waals surface area (Å²) in [6.07, 6.45) is 10.9. The lowest BCUT2D eigenvalue weighted by atomic mass is 9.86. The molecule has 1 aliphatic carbocycles. The zero-order valence-corrected chi connectivity index (χ0v) is 16.7. The highest BCUT2D eigenvalue weighted by molar-refractivity contribution is 5.80. The number of aromatic nitrogens is 3. The Labute approximate surface area is 160 Å². The molecule has 0 spiro atoms. The SMILES string of the molecule is Cc1noc(-c2cn(C)nc2[C@@H]2CCCCN2C(=O)C2CCCCC2)c1C. The molecule has 2 fully saturated rings. The minimum Gasteiger partial charge on any atom is -0.356 e. The fourth-order valence-electron chi connectivity index (χ4n) is 4.66. The number of rotatable bonds is 3. The van der Waals surface area contributed by atoms with Crippen molar-refractivity contribution in [2.45, 2.75) is 71.3 Å². The van der Waals surface area contributed by atoms with Gasteiger partial charge in [0.2, 0.25) is 5.91 Å². The van der Waals surface area contributed by atoms with E-state index in [2.05, 4.69) is 10.1 Å². The highest BCUT2D eigenvalue weighted by atomic mass is 16.5. The molecule has 0 unspecified atom stereocenters. The summed E-state index contributed by atoms with van der Waals surface area (Å²) in [5, 5.41) is 8.90. The van der Waals surface area contributed by atoms with Crippen LogP contribution in [0.4, 0.5) is 0 Å². The van der Waals surface area contributed by atoms with E-state index in [9.17, 15) is 4.79 Å². The predicted octanol–water partition coefficient (Wildman–Crippen LogP) is 4.33. The Morgan fingerprint density at radius 1 is 1.11 bits per heavy atom. The summed E-state index contributed by atoms with van der Waals surface area (Å²) in [7, 11) is 1.93. The maximum absolute atomic E-state index is 13.3. The molecule has 4 rings (SSSR count). The smallest absolute Gasteiger partial charge is 0.226 e. The summed E-state index contributed by atoms with van der Waals surface area (Å²) < 4.78 is 7.46. The summed E-state index contributed by atoms with van der Waals surface area (Å²) in [5.41, 5.74) is 3.88. The molecule has 2 aromatic heterocycles. The van der Waals surface area contributed by atoms with Gasteiger partial charge in [0.25, 0.3) is 0 Å². The summed E-state index contributed by atoms with van der Waals surface area (Å²) >= 11 is 0. The van der Waals surface area contributed by atoms with Crippen molar-refractivity contribution >= 4 is 5.91 Å². The van der Waals surface area contributed by atoms with E-state index in [0.29, 0.717) is 5.91 Å². The average molecular weight is 370 g/mol. The Hall–Kier alpha value is -2.11. The van der Waals surface area contributed by atoms with Crippen LogP contribution in [0.15, 0.2) is 10.7 Å². The number of hydrogen-bond donors (Lipinski definition) is 0. The summed E-state index contributed by atoms with van der Waals surface area (Å²) in [4.78, 5) is 15.4. The van der Waals surface area contributed by atoms with Crippen molar-refractivity contribution in [1.82, 2.24) is 19.8 Å². The molecule has 3 heterocycles. The third-order valence-corrected chi connectivity index (χ3v) is 6.32. The van der Waals surface area contributed by atoms with Gasteiger partial charge in [-0.3, -0.25) is 9.48 Å². The van der Waals surface area contributed by atoms with Gasteiger partial charge < -0.3 is 9.42 Å². The van der Waals surface area contributed by atoms with E-state index in [-0.39, 0.29) is 12.0 Å². The number of amides is 1. The lowest BCUT2D eigenvalue weighted by Crippen LogP contribution is -2.42. The zero-order chi connectivity index (χ0) is 19.0. The first-order chi connectivity index (χ1) is 13.1. The molecule has 1 saturated carbocycles. The van der Waals surface area contributed by atoms with E-state index < -0.39 is 0 Å². The van der Waals surface area contributed by atoms with Crippen LogP contribution in [0.5, 0.6) is 0 Å². The van der Waals surface area contributed by atoms with Gasteiger partial charge in [-0.15, -0.1) is 0 Å². The molecule has 0 aromatic carbocycles. The van der Waals surface area contributed by atoms with Gasteiger partial charge >= 0.3 is 0 Å². The standard InChI is InChI=1S/C21H30N4O2/c1-14-15(2)23-27-20(14)17-13-24(3)22-19(17)18-11-7-8-12-25(18)21(26)16-9-5-4-6-10-16/h13,16,18H,4-12H2,1-3H3/t18-/m0/s1. The highest BCUT2D eigenvalue weighted by Crippen LogP contribution is 2.39. The van der Waals surface area contributed by atoms with Crippen molar-refractivity contribution in [2.24, 2.45) is 13.0 Å². The Bertz CT molecular complexity index is 816. The second-order valence-electron chi connectivity index (χ2n) is 8.20. The highest BCUT2D eigenvalue weighted by Gasteiger charge is 2.36. The Balaban J connectivity index is 1.68. The number of carbonyl (C=O) groups is 1. The normalized spacial score (nSPS) is 21.6. The van der Waals surface area contributed by atoms with Crippen LogP contribution in [-0.2, 0) is 11.8 Å². The van der Waals surface area contributed by atoms with E-state index in [1.54, 1.807) is 0 Å². The number of nitrogens with zero attached hydrogens (tertiary/aromatic N) is 4. The maximum Gasteiger partial charge on any atom is 0.226 e. The molecule has 1 amide bonds. The number of piperidine rings is 1. The molecule has 1 aliphatic heterocycles. The van der Waals surface area contributed by atoms with Crippen LogP contribution >= 0.6 is 0 Å². The first-order valence-electron chi connectivity index (χ1n) is 10.3. The average Bonchev–Trinajstić information content (AvgIpc) is 3.24. The van der Waals surface area contributed by atoms with Crippen LogP contribution < -0.4 is 0 Å². The molecule has 2 aliphatic rings. The van der Waals surface area contributed by atoms with Crippen molar-refractivity contribution in [3.05, 3.63) is 23.1 Å². The molecule has 1 saturated heterocycles. The third-order valence-electron chi connectivity index (χ3n) is 6.32. The van der Waals surface area contributed by atoms with Gasteiger partial charge in [0.05, 0.1) is 23.0 Å². The van der Waals surface area contributed by atoms with Gasteiger partial charge in [0.1, 0.15) is 0 Å². The van der Waals surface area contributed by atoms with Gasteiger partial charge in [-0.2, -0.15) is 5.10 Å². The number of aryl methyl sites for hydroxylation is 2. The molecular formula is C21H30N4O2. The first kappa shape index (κ1) is 18.3. The molecule has 2 aromatic rings. The topological polar surface area (TPSA) is 64.2 Å².